The van der Waals surface area contributed by atoms with Gasteiger partial charge in [-0.05, 0) is 32.8 Å². The molecule has 0 spiro atoms. The number of hydrogen-bond acceptors (Lipinski definition) is 5. The van der Waals surface area contributed by atoms with Crippen LogP contribution >= 0.6 is 15.9 Å². The molecular weight excluding hydrogens is 352 g/mol. The lowest BCUT2D eigenvalue weighted by Gasteiger charge is -2.11. The molecule has 0 aliphatic carbocycles. The minimum Gasteiger partial charge on any atom is -0.481 e. The van der Waals surface area contributed by atoms with Gasteiger partial charge in [0.2, 0.25) is 6.10 Å². The average molecular weight is 365 g/mol. The number of halogens is 1. The first-order chi connectivity index (χ1) is 10.6. The lowest BCUT2D eigenvalue weighted by molar-refractivity contribution is -0.161. The number of ether oxygens (including phenoxy) is 3. The van der Waals surface area contributed by atoms with Crippen molar-refractivity contribution in [1.82, 2.24) is 0 Å². The molecule has 0 amide bonds. The molecule has 114 valence electrons. The van der Waals surface area contributed by atoms with Gasteiger partial charge in [-0.25, -0.2) is 9.59 Å². The summed E-state index contributed by atoms with van der Waals surface area (Å²) >= 11 is 3.48. The van der Waals surface area contributed by atoms with Crippen LogP contribution < -0.4 is 4.74 Å². The highest BCUT2D eigenvalue weighted by Gasteiger charge is 2.30. The zero-order valence-corrected chi connectivity index (χ0v) is 13.2. The molecule has 0 aromatic heterocycles. The van der Waals surface area contributed by atoms with Crippen molar-refractivity contribution in [3.63, 3.8) is 0 Å². The van der Waals surface area contributed by atoms with Crippen LogP contribution in [0.25, 0.3) is 10.8 Å². The summed E-state index contributed by atoms with van der Waals surface area (Å²) in [6.45, 7) is 0.0224. The van der Waals surface area contributed by atoms with Crippen molar-refractivity contribution >= 4 is 38.6 Å². The van der Waals surface area contributed by atoms with E-state index in [9.17, 15) is 9.59 Å². The van der Waals surface area contributed by atoms with Crippen molar-refractivity contribution in [2.75, 3.05) is 13.2 Å². The van der Waals surface area contributed by atoms with Crippen LogP contribution in [0.2, 0.25) is 0 Å². The molecular formula is C16H13BrO5. The fourth-order valence-electron chi connectivity index (χ4n) is 2.24. The maximum absolute atomic E-state index is 11.7. The number of carbonyl (C=O) groups excluding carboxylic acids is 2. The Bertz CT molecular complexity index is 728. The summed E-state index contributed by atoms with van der Waals surface area (Å²) < 4.78 is 16.0. The van der Waals surface area contributed by atoms with Crippen LogP contribution in [0.1, 0.15) is 6.42 Å². The zero-order chi connectivity index (χ0) is 15.5. The van der Waals surface area contributed by atoms with Crippen LogP contribution in [-0.2, 0) is 19.1 Å². The molecule has 1 aliphatic heterocycles. The van der Waals surface area contributed by atoms with Gasteiger partial charge in [0.05, 0.1) is 11.1 Å². The van der Waals surface area contributed by atoms with Crippen LogP contribution in [0.5, 0.6) is 5.75 Å². The van der Waals surface area contributed by atoms with E-state index in [1.165, 1.54) is 0 Å². The summed E-state index contributed by atoms with van der Waals surface area (Å²) in [4.78, 5) is 23.0. The molecule has 2 aromatic rings. The molecule has 2 aromatic carbocycles. The van der Waals surface area contributed by atoms with Crippen LogP contribution in [-0.4, -0.2) is 31.3 Å². The second-order valence-electron chi connectivity index (χ2n) is 4.82. The van der Waals surface area contributed by atoms with E-state index in [1.807, 2.05) is 30.3 Å². The molecule has 5 nitrogen and oxygen atoms in total. The zero-order valence-electron chi connectivity index (χ0n) is 11.6. The molecule has 0 bridgehead atoms. The van der Waals surface area contributed by atoms with Crippen LogP contribution in [0.4, 0.5) is 0 Å². The highest BCUT2D eigenvalue weighted by Crippen LogP contribution is 2.33. The van der Waals surface area contributed by atoms with Crippen LogP contribution in [0, 0.1) is 0 Å². The van der Waals surface area contributed by atoms with E-state index in [0.29, 0.717) is 12.2 Å². The third kappa shape index (κ3) is 3.06. The third-order valence-corrected chi connectivity index (χ3v) is 4.15. The molecule has 1 saturated heterocycles. The van der Waals surface area contributed by atoms with Crippen LogP contribution in [0.3, 0.4) is 0 Å². The predicted octanol–water partition coefficient (Wildman–Crippen LogP) is 2.84. The molecule has 1 fully saturated rings. The molecule has 0 N–H and O–H groups in total. The van der Waals surface area contributed by atoms with Crippen molar-refractivity contribution in [3.8, 4) is 5.75 Å². The van der Waals surface area contributed by atoms with Gasteiger partial charge in [0, 0.05) is 6.42 Å². The smallest absolute Gasteiger partial charge is 0.347 e. The standard InChI is InChI=1S/C16H13BrO5/c17-15-11-4-2-1-3-10(11)5-6-12(15)21-9-14(18)22-13-7-8-20-16(13)19/h1-6,13H,7-9H2/t13-/m0/s1. The number of benzene rings is 2. The molecule has 0 saturated carbocycles. The first kappa shape index (κ1) is 14.8. The summed E-state index contributed by atoms with van der Waals surface area (Å²) in [6.07, 6.45) is -0.416. The summed E-state index contributed by atoms with van der Waals surface area (Å²) in [5.74, 6) is -0.547. The number of cyclic esters (lactones) is 1. The van der Waals surface area contributed by atoms with Crippen molar-refractivity contribution in [1.29, 1.82) is 0 Å². The number of carbonyl (C=O) groups is 2. The first-order valence-corrected chi connectivity index (χ1v) is 7.60. The maximum Gasteiger partial charge on any atom is 0.347 e. The van der Waals surface area contributed by atoms with E-state index in [2.05, 4.69) is 15.9 Å². The average Bonchev–Trinajstić information content (AvgIpc) is 2.92. The number of rotatable bonds is 4. The van der Waals surface area contributed by atoms with Gasteiger partial charge in [-0.15, -0.1) is 0 Å². The van der Waals surface area contributed by atoms with Gasteiger partial charge in [0.1, 0.15) is 5.75 Å². The molecule has 6 heteroatoms. The van der Waals surface area contributed by atoms with Gasteiger partial charge in [-0.2, -0.15) is 0 Å². The van der Waals surface area contributed by atoms with Gasteiger partial charge >= 0.3 is 11.9 Å². The number of fused-ring (bicyclic) bond motifs is 1. The van der Waals surface area contributed by atoms with E-state index < -0.39 is 18.0 Å². The Morgan fingerprint density at radius 1 is 1.27 bits per heavy atom. The Balaban J connectivity index is 1.65. The summed E-state index contributed by atoms with van der Waals surface area (Å²) in [6, 6.07) is 11.5. The lowest BCUT2D eigenvalue weighted by Crippen LogP contribution is -2.26. The SMILES string of the molecule is O=C(COc1ccc2ccccc2c1Br)O[C@H]1CCOC1=O. The Kier molecular flexibility index (Phi) is 4.29. The van der Waals surface area contributed by atoms with Crippen molar-refractivity contribution < 1.29 is 23.8 Å². The molecule has 1 heterocycles. The van der Waals surface area contributed by atoms with Crippen molar-refractivity contribution in [2.24, 2.45) is 0 Å². The third-order valence-electron chi connectivity index (χ3n) is 3.33. The molecule has 22 heavy (non-hydrogen) atoms. The minimum absolute atomic E-state index is 0.263. The normalized spacial score (nSPS) is 17.3. The summed E-state index contributed by atoms with van der Waals surface area (Å²) in [5.41, 5.74) is 0. The Morgan fingerprint density at radius 3 is 2.86 bits per heavy atom. The Morgan fingerprint density at radius 2 is 2.09 bits per heavy atom. The maximum atomic E-state index is 11.7. The highest BCUT2D eigenvalue weighted by atomic mass is 79.9. The van der Waals surface area contributed by atoms with Gasteiger partial charge in [-0.1, -0.05) is 30.3 Å². The first-order valence-electron chi connectivity index (χ1n) is 6.81. The van der Waals surface area contributed by atoms with E-state index in [0.717, 1.165) is 15.2 Å². The fourth-order valence-corrected chi connectivity index (χ4v) is 2.85. The second kappa shape index (κ2) is 6.36. The molecule has 3 rings (SSSR count). The highest BCUT2D eigenvalue weighted by molar-refractivity contribution is 9.10. The monoisotopic (exact) mass is 364 g/mol. The summed E-state index contributed by atoms with van der Waals surface area (Å²) in [5, 5.41) is 2.06. The largest absolute Gasteiger partial charge is 0.481 e. The molecule has 1 atom stereocenters. The van der Waals surface area contributed by atoms with E-state index in [1.54, 1.807) is 6.07 Å². The summed E-state index contributed by atoms with van der Waals surface area (Å²) in [7, 11) is 0. The van der Waals surface area contributed by atoms with E-state index in [4.69, 9.17) is 14.2 Å². The Hall–Kier alpha value is -2.08. The second-order valence-corrected chi connectivity index (χ2v) is 5.62. The quantitative estimate of drug-likeness (QED) is 0.780. The van der Waals surface area contributed by atoms with Gasteiger partial charge in [0.15, 0.2) is 6.61 Å². The molecule has 1 aliphatic rings. The Labute approximate surface area is 135 Å². The van der Waals surface area contributed by atoms with Crippen molar-refractivity contribution in [2.45, 2.75) is 12.5 Å². The van der Waals surface area contributed by atoms with Crippen LogP contribution in [0.15, 0.2) is 40.9 Å². The fraction of sp³-hybridized carbons (Fsp3) is 0.250. The number of esters is 2. The number of hydrogen-bond donors (Lipinski definition) is 0. The minimum atomic E-state index is -0.809. The topological polar surface area (TPSA) is 61.8 Å². The molecule has 0 unspecified atom stereocenters. The van der Waals surface area contributed by atoms with Gasteiger partial charge in [-0.3, -0.25) is 0 Å². The van der Waals surface area contributed by atoms with E-state index >= 15 is 0 Å². The van der Waals surface area contributed by atoms with E-state index in [-0.39, 0.29) is 13.2 Å². The van der Waals surface area contributed by atoms with Crippen molar-refractivity contribution in [3.05, 3.63) is 40.9 Å². The lowest BCUT2D eigenvalue weighted by atomic mass is 10.1. The predicted molar refractivity (Wildman–Crippen MR) is 82.6 cm³/mol. The molecule has 0 radical (unpaired) electrons. The van der Waals surface area contributed by atoms with Gasteiger partial charge in [0.25, 0.3) is 0 Å². The van der Waals surface area contributed by atoms with Gasteiger partial charge < -0.3 is 14.2 Å².